The zero-order valence-corrected chi connectivity index (χ0v) is 16.8. The second kappa shape index (κ2) is 7.49. The van der Waals surface area contributed by atoms with Gasteiger partial charge in [-0.2, -0.15) is 0 Å². The average Bonchev–Trinajstić information content (AvgIpc) is 3.35. The number of halogens is 1. The summed E-state index contributed by atoms with van der Waals surface area (Å²) in [6.45, 7) is 3.05. The van der Waals surface area contributed by atoms with Crippen LogP contribution in [0, 0.1) is 6.92 Å². The molecule has 0 radical (unpaired) electrons. The summed E-state index contributed by atoms with van der Waals surface area (Å²) in [4.78, 5) is 43.1. The minimum Gasteiger partial charge on any atom is -0.337 e. The molecule has 0 aromatic carbocycles. The van der Waals surface area contributed by atoms with E-state index in [0.29, 0.717) is 43.1 Å². The molecular formula is C17H16ClN5O2S2. The molecule has 7 nitrogen and oxygen atoms in total. The van der Waals surface area contributed by atoms with Crippen molar-refractivity contribution in [2.24, 2.45) is 0 Å². The monoisotopic (exact) mass is 421 g/mol. The highest BCUT2D eigenvalue weighted by molar-refractivity contribution is 7.13. The maximum atomic E-state index is 12.4. The van der Waals surface area contributed by atoms with Crippen LogP contribution >= 0.6 is 34.3 Å². The van der Waals surface area contributed by atoms with Crippen molar-refractivity contribution in [3.63, 3.8) is 0 Å². The number of carbonyl (C=O) groups is 1. The van der Waals surface area contributed by atoms with Gasteiger partial charge in [-0.25, -0.2) is 15.0 Å². The number of H-pyrrole nitrogens is 1. The fourth-order valence-corrected chi connectivity index (χ4v) is 4.74. The Labute approximate surface area is 168 Å². The first-order valence-electron chi connectivity index (χ1n) is 8.42. The van der Waals surface area contributed by atoms with Crippen molar-refractivity contribution in [1.82, 2.24) is 24.8 Å². The number of rotatable bonds is 3. The molecule has 1 N–H and O–H groups in total. The highest BCUT2D eigenvalue weighted by atomic mass is 35.5. The van der Waals surface area contributed by atoms with E-state index in [4.69, 9.17) is 11.6 Å². The molecule has 1 saturated heterocycles. The number of amides is 1. The lowest BCUT2D eigenvalue weighted by Gasteiger charge is -2.31. The number of aromatic amines is 1. The number of hydrogen-bond donors (Lipinski definition) is 1. The fourth-order valence-electron chi connectivity index (χ4n) is 3.22. The van der Waals surface area contributed by atoms with Gasteiger partial charge in [0.2, 0.25) is 0 Å². The summed E-state index contributed by atoms with van der Waals surface area (Å²) >= 11 is 9.11. The van der Waals surface area contributed by atoms with E-state index >= 15 is 0 Å². The molecule has 1 fully saturated rings. The van der Waals surface area contributed by atoms with Crippen LogP contribution in [0.25, 0.3) is 10.7 Å². The Bertz CT molecular complexity index is 1020. The van der Waals surface area contributed by atoms with Gasteiger partial charge in [0.1, 0.15) is 10.7 Å². The Morgan fingerprint density at radius 3 is 2.70 bits per heavy atom. The minimum absolute atomic E-state index is 0.0336. The molecule has 0 bridgehead atoms. The molecule has 1 aliphatic rings. The maximum Gasteiger partial charge on any atom is 0.273 e. The van der Waals surface area contributed by atoms with Crippen LogP contribution in [0.2, 0.25) is 5.02 Å². The van der Waals surface area contributed by atoms with Crippen LogP contribution < -0.4 is 5.56 Å². The number of hydrogen-bond acceptors (Lipinski definition) is 7. The summed E-state index contributed by atoms with van der Waals surface area (Å²) in [7, 11) is 0. The molecule has 10 heteroatoms. The van der Waals surface area contributed by atoms with Gasteiger partial charge >= 0.3 is 0 Å². The van der Waals surface area contributed by atoms with Crippen molar-refractivity contribution in [1.29, 1.82) is 0 Å². The summed E-state index contributed by atoms with van der Waals surface area (Å²) in [5, 5.41) is 1.89. The van der Waals surface area contributed by atoms with E-state index in [1.54, 1.807) is 21.3 Å². The number of likely N-dealkylation sites (tertiary alicyclic amines) is 1. The van der Waals surface area contributed by atoms with Crippen LogP contribution in [-0.2, 0) is 0 Å². The van der Waals surface area contributed by atoms with Crippen molar-refractivity contribution in [3.05, 3.63) is 48.9 Å². The van der Waals surface area contributed by atoms with Gasteiger partial charge in [-0.05, 0) is 19.8 Å². The standard InChI is InChI=1S/C17H16ClN5O2S2/c1-9-14(27-8-19-9)15-21-13(12(18)16(24)22-15)10-2-4-23(5-3-10)17(25)11-6-26-7-20-11/h6-8,10H,2-5H2,1H3,(H,21,22,24). The molecule has 0 atom stereocenters. The lowest BCUT2D eigenvalue weighted by molar-refractivity contribution is 0.0707. The van der Waals surface area contributed by atoms with E-state index in [1.165, 1.54) is 22.7 Å². The Kier molecular flexibility index (Phi) is 5.07. The van der Waals surface area contributed by atoms with Crippen LogP contribution in [-0.4, -0.2) is 43.8 Å². The number of aryl methyl sites for hydroxylation is 1. The number of nitrogens with zero attached hydrogens (tertiary/aromatic N) is 4. The molecule has 0 unspecified atom stereocenters. The summed E-state index contributed by atoms with van der Waals surface area (Å²) in [5.74, 6) is 0.479. The molecule has 4 rings (SSSR count). The van der Waals surface area contributed by atoms with E-state index in [2.05, 4.69) is 19.9 Å². The zero-order chi connectivity index (χ0) is 19.0. The van der Waals surface area contributed by atoms with E-state index in [1.807, 2.05) is 6.92 Å². The Morgan fingerprint density at radius 2 is 2.07 bits per heavy atom. The smallest absolute Gasteiger partial charge is 0.273 e. The Hall–Kier alpha value is -2.10. The maximum absolute atomic E-state index is 12.4. The predicted octanol–water partition coefficient (Wildman–Crippen LogP) is 3.33. The second-order valence-corrected chi connectivity index (χ2v) is 8.27. The first-order valence-corrected chi connectivity index (χ1v) is 10.6. The Balaban J connectivity index is 1.56. The van der Waals surface area contributed by atoms with Crippen LogP contribution in [0.1, 0.15) is 40.6 Å². The third-order valence-electron chi connectivity index (χ3n) is 4.67. The van der Waals surface area contributed by atoms with Gasteiger partial charge in [-0.3, -0.25) is 9.59 Å². The van der Waals surface area contributed by atoms with Crippen molar-refractivity contribution in [3.8, 4) is 10.7 Å². The molecule has 1 aliphatic heterocycles. The molecule has 3 aromatic rings. The van der Waals surface area contributed by atoms with Gasteiger partial charge in [0.05, 0.1) is 27.3 Å². The van der Waals surface area contributed by atoms with E-state index < -0.39 is 0 Å². The van der Waals surface area contributed by atoms with Crippen LogP contribution in [0.3, 0.4) is 0 Å². The largest absolute Gasteiger partial charge is 0.337 e. The SMILES string of the molecule is Cc1ncsc1-c1nc(C2CCN(C(=O)c3cscn3)CC2)c(Cl)c(=O)[nH]1. The molecule has 1 amide bonds. The molecule has 4 heterocycles. The summed E-state index contributed by atoms with van der Waals surface area (Å²) < 4.78 is 0. The highest BCUT2D eigenvalue weighted by Crippen LogP contribution is 2.32. The van der Waals surface area contributed by atoms with Crippen LogP contribution in [0.5, 0.6) is 0 Å². The zero-order valence-electron chi connectivity index (χ0n) is 14.4. The molecule has 27 heavy (non-hydrogen) atoms. The number of aromatic nitrogens is 4. The molecule has 140 valence electrons. The van der Waals surface area contributed by atoms with Gasteiger partial charge in [0.15, 0.2) is 5.82 Å². The lowest BCUT2D eigenvalue weighted by Crippen LogP contribution is -2.38. The molecule has 0 saturated carbocycles. The summed E-state index contributed by atoms with van der Waals surface area (Å²) in [6, 6.07) is 0. The molecular weight excluding hydrogens is 406 g/mol. The van der Waals surface area contributed by atoms with Crippen molar-refractivity contribution in [2.45, 2.75) is 25.7 Å². The van der Waals surface area contributed by atoms with E-state index in [-0.39, 0.29) is 22.4 Å². The van der Waals surface area contributed by atoms with Gasteiger partial charge in [-0.1, -0.05) is 11.6 Å². The van der Waals surface area contributed by atoms with Gasteiger partial charge < -0.3 is 9.88 Å². The first kappa shape index (κ1) is 18.3. The van der Waals surface area contributed by atoms with E-state index in [0.717, 1.165) is 10.6 Å². The van der Waals surface area contributed by atoms with Crippen molar-refractivity contribution in [2.75, 3.05) is 13.1 Å². The summed E-state index contributed by atoms with van der Waals surface area (Å²) in [6.07, 6.45) is 1.40. The van der Waals surface area contributed by atoms with Crippen molar-refractivity contribution >= 4 is 40.2 Å². The fraction of sp³-hybridized carbons (Fsp3) is 0.353. The van der Waals surface area contributed by atoms with Crippen LogP contribution in [0.4, 0.5) is 0 Å². The summed E-state index contributed by atoms with van der Waals surface area (Å²) in [5.41, 5.74) is 4.94. The quantitative estimate of drug-likeness (QED) is 0.700. The third kappa shape index (κ3) is 3.54. The number of piperidine rings is 1. The topological polar surface area (TPSA) is 91.8 Å². The van der Waals surface area contributed by atoms with Crippen LogP contribution in [0.15, 0.2) is 21.2 Å². The number of thiazole rings is 2. The lowest BCUT2D eigenvalue weighted by atomic mass is 9.93. The van der Waals surface area contributed by atoms with Gasteiger partial charge in [0.25, 0.3) is 11.5 Å². The average molecular weight is 422 g/mol. The van der Waals surface area contributed by atoms with Gasteiger partial charge in [0, 0.05) is 24.4 Å². The second-order valence-electron chi connectivity index (χ2n) is 6.32. The van der Waals surface area contributed by atoms with E-state index in [9.17, 15) is 9.59 Å². The number of carbonyl (C=O) groups excluding carboxylic acids is 1. The van der Waals surface area contributed by atoms with Crippen molar-refractivity contribution < 1.29 is 4.79 Å². The normalized spacial score (nSPS) is 15.3. The molecule has 0 spiro atoms. The highest BCUT2D eigenvalue weighted by Gasteiger charge is 2.28. The molecule has 3 aromatic heterocycles. The first-order chi connectivity index (χ1) is 13.0. The molecule has 0 aliphatic carbocycles. The van der Waals surface area contributed by atoms with Gasteiger partial charge in [-0.15, -0.1) is 22.7 Å². The number of nitrogens with one attached hydrogen (secondary N) is 1. The minimum atomic E-state index is -0.342. The third-order valence-corrected chi connectivity index (χ3v) is 6.56. The Morgan fingerprint density at radius 1 is 1.30 bits per heavy atom. The predicted molar refractivity (Wildman–Crippen MR) is 106 cm³/mol.